The molecule has 8 heteroatoms. The first kappa shape index (κ1) is 17.3. The second kappa shape index (κ2) is 6.86. The highest BCUT2D eigenvalue weighted by molar-refractivity contribution is 5.96. The number of likely N-dealkylation sites (tertiary alicyclic amines) is 1. The highest BCUT2D eigenvalue weighted by atomic mass is 16.5. The number of rotatable bonds is 4. The maximum atomic E-state index is 13.1. The topological polar surface area (TPSA) is 86.3 Å². The predicted octanol–water partition coefficient (Wildman–Crippen LogP) is 2.14. The largest absolute Gasteiger partial charge is 0.479 e. The first-order chi connectivity index (χ1) is 13.1. The second-order valence-electron chi connectivity index (χ2n) is 6.74. The van der Waals surface area contributed by atoms with Gasteiger partial charge in [0.1, 0.15) is 5.56 Å². The first-order valence-electron chi connectivity index (χ1n) is 8.79. The Morgan fingerprint density at radius 2 is 1.96 bits per heavy atom. The Morgan fingerprint density at radius 3 is 2.63 bits per heavy atom. The minimum absolute atomic E-state index is 0.0554. The zero-order valence-corrected chi connectivity index (χ0v) is 15.5. The van der Waals surface area contributed by atoms with Crippen molar-refractivity contribution in [3.05, 3.63) is 59.4 Å². The van der Waals surface area contributed by atoms with Crippen LogP contribution in [0.2, 0.25) is 0 Å². The summed E-state index contributed by atoms with van der Waals surface area (Å²) in [5.41, 5.74) is 1.60. The van der Waals surface area contributed by atoms with Crippen LogP contribution in [0.5, 0.6) is 5.88 Å². The molecule has 3 aromatic rings. The van der Waals surface area contributed by atoms with Crippen molar-refractivity contribution in [3.63, 3.8) is 0 Å². The van der Waals surface area contributed by atoms with Crippen molar-refractivity contribution in [1.82, 2.24) is 24.8 Å². The molecule has 2 atom stereocenters. The maximum absolute atomic E-state index is 13.1. The standard InChI is InChI=1S/C19H21N5O3/c1-12-20-17(27-22-12)15-11-24(10-14(15)13-7-5-4-6-8-13)19(25)16-9-23(2)21-18(16)26-3/h4-9,14-15H,10-11H2,1-3H3/t14-,15-/m0/s1. The maximum Gasteiger partial charge on any atom is 0.261 e. The van der Waals surface area contributed by atoms with Crippen LogP contribution in [-0.2, 0) is 7.05 Å². The van der Waals surface area contributed by atoms with Gasteiger partial charge in [-0.3, -0.25) is 9.48 Å². The Bertz CT molecular complexity index is 949. The molecule has 1 saturated heterocycles. The Kier molecular flexibility index (Phi) is 4.39. The van der Waals surface area contributed by atoms with E-state index in [4.69, 9.17) is 9.26 Å². The van der Waals surface area contributed by atoms with Crippen LogP contribution >= 0.6 is 0 Å². The molecule has 2 aromatic heterocycles. The molecule has 0 saturated carbocycles. The predicted molar refractivity (Wildman–Crippen MR) is 96.6 cm³/mol. The van der Waals surface area contributed by atoms with Crippen molar-refractivity contribution in [1.29, 1.82) is 0 Å². The van der Waals surface area contributed by atoms with Crippen molar-refractivity contribution in [3.8, 4) is 5.88 Å². The number of aryl methyl sites for hydroxylation is 2. The average Bonchev–Trinajstić information content (AvgIpc) is 3.39. The molecule has 1 aliphatic rings. The van der Waals surface area contributed by atoms with E-state index in [0.29, 0.717) is 36.2 Å². The summed E-state index contributed by atoms with van der Waals surface area (Å²) in [7, 11) is 3.28. The van der Waals surface area contributed by atoms with Gasteiger partial charge >= 0.3 is 0 Å². The Morgan fingerprint density at radius 1 is 1.22 bits per heavy atom. The van der Waals surface area contributed by atoms with Gasteiger partial charge in [0, 0.05) is 32.3 Å². The number of carbonyl (C=O) groups excluding carboxylic acids is 1. The fraction of sp³-hybridized carbons (Fsp3) is 0.368. The van der Waals surface area contributed by atoms with Crippen LogP contribution in [0, 0.1) is 6.92 Å². The lowest BCUT2D eigenvalue weighted by atomic mass is 9.89. The van der Waals surface area contributed by atoms with E-state index < -0.39 is 0 Å². The van der Waals surface area contributed by atoms with Crippen molar-refractivity contribution >= 4 is 5.91 Å². The third kappa shape index (κ3) is 3.18. The van der Waals surface area contributed by atoms with Gasteiger partial charge < -0.3 is 14.2 Å². The number of hydrogen-bond donors (Lipinski definition) is 0. The minimum Gasteiger partial charge on any atom is -0.479 e. The van der Waals surface area contributed by atoms with Crippen molar-refractivity contribution < 1.29 is 14.1 Å². The third-order valence-corrected chi connectivity index (χ3v) is 4.91. The van der Waals surface area contributed by atoms with Gasteiger partial charge in [-0.1, -0.05) is 35.5 Å². The number of ether oxygens (including phenoxy) is 1. The van der Waals surface area contributed by atoms with Gasteiger partial charge in [0.2, 0.25) is 11.8 Å². The lowest BCUT2D eigenvalue weighted by molar-refractivity contribution is 0.0784. The number of methoxy groups -OCH3 is 1. The van der Waals surface area contributed by atoms with Crippen molar-refractivity contribution in [2.75, 3.05) is 20.2 Å². The van der Waals surface area contributed by atoms with Gasteiger partial charge in [-0.05, 0) is 12.5 Å². The van der Waals surface area contributed by atoms with Gasteiger partial charge in [-0.2, -0.15) is 4.98 Å². The Hall–Kier alpha value is -3.16. The minimum atomic E-state index is -0.111. The monoisotopic (exact) mass is 367 g/mol. The molecule has 1 aliphatic heterocycles. The molecule has 1 amide bonds. The molecule has 0 aliphatic carbocycles. The summed E-state index contributed by atoms with van der Waals surface area (Å²) in [5.74, 6) is 1.40. The highest BCUT2D eigenvalue weighted by Gasteiger charge is 2.41. The van der Waals surface area contributed by atoms with Crippen LogP contribution < -0.4 is 4.74 Å². The third-order valence-electron chi connectivity index (χ3n) is 4.91. The number of carbonyl (C=O) groups is 1. The van der Waals surface area contributed by atoms with Crippen LogP contribution in [0.1, 0.15) is 39.5 Å². The van der Waals surface area contributed by atoms with Gasteiger partial charge in [-0.25, -0.2) is 0 Å². The summed E-state index contributed by atoms with van der Waals surface area (Å²) in [4.78, 5) is 19.3. The fourth-order valence-electron chi connectivity index (χ4n) is 3.66. The van der Waals surface area contributed by atoms with E-state index in [2.05, 4.69) is 27.4 Å². The van der Waals surface area contributed by atoms with Gasteiger partial charge in [0.05, 0.1) is 13.0 Å². The fourth-order valence-corrected chi connectivity index (χ4v) is 3.66. The number of aromatic nitrogens is 4. The van der Waals surface area contributed by atoms with E-state index in [1.165, 1.54) is 7.11 Å². The molecule has 27 heavy (non-hydrogen) atoms. The summed E-state index contributed by atoms with van der Waals surface area (Å²) >= 11 is 0. The average molecular weight is 367 g/mol. The molecular weight excluding hydrogens is 346 g/mol. The van der Waals surface area contributed by atoms with E-state index in [1.54, 1.807) is 29.7 Å². The quantitative estimate of drug-likeness (QED) is 0.702. The number of amides is 1. The van der Waals surface area contributed by atoms with Crippen LogP contribution in [-0.4, -0.2) is 50.9 Å². The summed E-state index contributed by atoms with van der Waals surface area (Å²) in [6, 6.07) is 10.1. The smallest absolute Gasteiger partial charge is 0.261 e. The van der Waals surface area contributed by atoms with Crippen LogP contribution in [0.15, 0.2) is 41.1 Å². The van der Waals surface area contributed by atoms with Crippen molar-refractivity contribution in [2.45, 2.75) is 18.8 Å². The number of nitrogens with zero attached hydrogens (tertiary/aromatic N) is 5. The molecular formula is C19H21N5O3. The van der Waals surface area contributed by atoms with E-state index in [9.17, 15) is 4.79 Å². The van der Waals surface area contributed by atoms with Crippen LogP contribution in [0.4, 0.5) is 0 Å². The lowest BCUT2D eigenvalue weighted by Crippen LogP contribution is -2.29. The molecule has 0 unspecified atom stereocenters. The number of hydrogen-bond acceptors (Lipinski definition) is 6. The van der Waals surface area contributed by atoms with Gasteiger partial charge in [0.25, 0.3) is 5.91 Å². The summed E-state index contributed by atoms with van der Waals surface area (Å²) in [6.07, 6.45) is 1.68. The molecule has 140 valence electrons. The molecule has 8 nitrogen and oxygen atoms in total. The zero-order valence-electron chi connectivity index (χ0n) is 15.5. The van der Waals surface area contributed by atoms with Gasteiger partial charge in [-0.15, -0.1) is 5.10 Å². The highest BCUT2D eigenvalue weighted by Crippen LogP contribution is 2.39. The second-order valence-corrected chi connectivity index (χ2v) is 6.74. The van der Waals surface area contributed by atoms with E-state index >= 15 is 0 Å². The molecule has 0 radical (unpaired) electrons. The summed E-state index contributed by atoms with van der Waals surface area (Å²) in [6.45, 7) is 2.86. The lowest BCUT2D eigenvalue weighted by Gasteiger charge is -2.16. The molecule has 4 rings (SSSR count). The summed E-state index contributed by atoms with van der Waals surface area (Å²) < 4.78 is 12.3. The first-order valence-corrected chi connectivity index (χ1v) is 8.79. The van der Waals surface area contributed by atoms with Crippen LogP contribution in [0.25, 0.3) is 0 Å². The van der Waals surface area contributed by atoms with E-state index in [0.717, 1.165) is 5.56 Å². The molecule has 1 aromatic carbocycles. The molecule has 0 bridgehead atoms. The zero-order chi connectivity index (χ0) is 19.0. The van der Waals surface area contributed by atoms with E-state index in [-0.39, 0.29) is 17.7 Å². The molecule has 1 fully saturated rings. The molecule has 3 heterocycles. The Labute approximate surface area is 156 Å². The van der Waals surface area contributed by atoms with Gasteiger partial charge in [0.15, 0.2) is 5.82 Å². The summed E-state index contributed by atoms with van der Waals surface area (Å²) in [5, 5.41) is 8.11. The van der Waals surface area contributed by atoms with E-state index in [1.807, 2.05) is 18.2 Å². The molecule has 0 N–H and O–H groups in total. The van der Waals surface area contributed by atoms with Crippen LogP contribution in [0.3, 0.4) is 0 Å². The Balaban J connectivity index is 1.67. The molecule has 0 spiro atoms. The number of benzene rings is 1. The van der Waals surface area contributed by atoms with Crippen molar-refractivity contribution in [2.24, 2.45) is 7.05 Å². The normalized spacial score (nSPS) is 19.4. The SMILES string of the molecule is COc1nn(C)cc1C(=O)N1C[C@H](c2nc(C)no2)[C@H](c2ccccc2)C1.